The van der Waals surface area contributed by atoms with Crippen molar-refractivity contribution in [3.63, 3.8) is 0 Å². The Morgan fingerprint density at radius 3 is 2.19 bits per heavy atom. The molecule has 0 unspecified atom stereocenters. The average Bonchev–Trinajstić information content (AvgIpc) is 2.36. The van der Waals surface area contributed by atoms with Gasteiger partial charge in [0.05, 0.1) is 23.0 Å². The lowest BCUT2D eigenvalue weighted by Gasteiger charge is -2.18. The second-order valence-corrected chi connectivity index (χ2v) is 7.02. The number of anilines is 1. The number of sulfonamides is 1. The summed E-state index contributed by atoms with van der Waals surface area (Å²) in [4.78, 5) is 9.86. The standard InChI is InChI=1S/C9H12N2O8S2/c1-10(8-2-4-9(5-3-8)11(12)13)20(14,15)7-6-19-21(16,17)18/h2-5H,6-7H2,1H3,(H,16,17,18). The molecule has 0 aromatic heterocycles. The third-order valence-corrected chi connectivity index (χ3v) is 4.61. The summed E-state index contributed by atoms with van der Waals surface area (Å²) in [6.07, 6.45) is 0. The molecule has 118 valence electrons. The highest BCUT2D eigenvalue weighted by Crippen LogP contribution is 2.20. The van der Waals surface area contributed by atoms with E-state index in [1.54, 1.807) is 0 Å². The van der Waals surface area contributed by atoms with Crippen LogP contribution in [-0.2, 0) is 24.6 Å². The van der Waals surface area contributed by atoms with Crippen LogP contribution in [0.1, 0.15) is 0 Å². The van der Waals surface area contributed by atoms with E-state index in [9.17, 15) is 26.9 Å². The molecule has 0 bridgehead atoms. The molecule has 0 aliphatic rings. The zero-order valence-corrected chi connectivity index (χ0v) is 12.4. The minimum atomic E-state index is -4.71. The molecule has 0 fully saturated rings. The Balaban J connectivity index is 2.80. The molecule has 0 atom stereocenters. The normalized spacial score (nSPS) is 12.1. The number of hydrogen-bond acceptors (Lipinski definition) is 7. The lowest BCUT2D eigenvalue weighted by Crippen LogP contribution is -2.31. The van der Waals surface area contributed by atoms with Crippen molar-refractivity contribution in [2.75, 3.05) is 23.7 Å². The molecule has 1 N–H and O–H groups in total. The van der Waals surface area contributed by atoms with Crippen LogP contribution in [0.2, 0.25) is 0 Å². The maximum atomic E-state index is 11.9. The second-order valence-electron chi connectivity index (χ2n) is 3.81. The predicted octanol–water partition coefficient (Wildman–Crippen LogP) is 0.180. The third-order valence-electron chi connectivity index (χ3n) is 2.41. The highest BCUT2D eigenvalue weighted by molar-refractivity contribution is 7.92. The zero-order chi connectivity index (χ0) is 16.3. The smallest absolute Gasteiger partial charge is 0.273 e. The van der Waals surface area contributed by atoms with Gasteiger partial charge in [-0.05, 0) is 12.1 Å². The predicted molar refractivity (Wildman–Crippen MR) is 72.8 cm³/mol. The molecule has 0 spiro atoms. The molecule has 1 aromatic rings. The van der Waals surface area contributed by atoms with Gasteiger partial charge in [0.1, 0.15) is 0 Å². The van der Waals surface area contributed by atoms with Gasteiger partial charge in [0.2, 0.25) is 10.0 Å². The van der Waals surface area contributed by atoms with E-state index in [1.807, 2.05) is 0 Å². The summed E-state index contributed by atoms with van der Waals surface area (Å²) in [5.41, 5.74) is -0.0355. The molecule has 0 heterocycles. The van der Waals surface area contributed by atoms with Gasteiger partial charge in [-0.3, -0.25) is 19.0 Å². The summed E-state index contributed by atoms with van der Waals surface area (Å²) in [5, 5.41) is 10.5. The fraction of sp³-hybridized carbons (Fsp3) is 0.333. The molecular formula is C9H12N2O8S2. The van der Waals surface area contributed by atoms with Crippen molar-refractivity contribution < 1.29 is 30.5 Å². The van der Waals surface area contributed by atoms with Crippen LogP contribution in [0, 0.1) is 10.1 Å². The number of hydrogen-bond donors (Lipinski definition) is 1. The van der Waals surface area contributed by atoms with Crippen molar-refractivity contribution in [2.24, 2.45) is 0 Å². The van der Waals surface area contributed by atoms with Gasteiger partial charge < -0.3 is 0 Å². The maximum Gasteiger partial charge on any atom is 0.397 e. The molecule has 12 heteroatoms. The molecule has 1 aromatic carbocycles. The molecule has 0 aliphatic heterocycles. The van der Waals surface area contributed by atoms with E-state index < -0.39 is 37.7 Å². The quantitative estimate of drug-likeness (QED) is 0.420. The van der Waals surface area contributed by atoms with Crippen molar-refractivity contribution in [1.82, 2.24) is 0 Å². The van der Waals surface area contributed by atoms with Crippen LogP contribution in [0.5, 0.6) is 0 Å². The summed E-state index contributed by atoms with van der Waals surface area (Å²) < 4.78 is 57.5. The van der Waals surface area contributed by atoms with E-state index >= 15 is 0 Å². The molecule has 0 aliphatic carbocycles. The average molecular weight is 340 g/mol. The summed E-state index contributed by atoms with van der Waals surface area (Å²) >= 11 is 0. The Morgan fingerprint density at radius 1 is 1.24 bits per heavy atom. The molecule has 0 radical (unpaired) electrons. The van der Waals surface area contributed by atoms with Gasteiger partial charge in [-0.1, -0.05) is 0 Å². The minimum absolute atomic E-state index is 0.160. The largest absolute Gasteiger partial charge is 0.397 e. The number of non-ortho nitro benzene ring substituents is 1. The number of rotatable bonds is 7. The molecule has 10 nitrogen and oxygen atoms in total. The molecule has 0 saturated heterocycles. The van der Waals surface area contributed by atoms with Crippen LogP contribution >= 0.6 is 0 Å². The summed E-state index contributed by atoms with van der Waals surface area (Å²) in [6.45, 7) is -0.751. The minimum Gasteiger partial charge on any atom is -0.273 e. The summed E-state index contributed by atoms with van der Waals surface area (Å²) in [6, 6.07) is 4.74. The first-order valence-corrected chi connectivity index (χ1v) is 8.33. The molecular weight excluding hydrogens is 328 g/mol. The monoisotopic (exact) mass is 340 g/mol. The molecule has 0 saturated carbocycles. The van der Waals surface area contributed by atoms with Gasteiger partial charge in [0, 0.05) is 19.2 Å². The van der Waals surface area contributed by atoms with E-state index in [2.05, 4.69) is 4.18 Å². The molecule has 21 heavy (non-hydrogen) atoms. The highest BCUT2D eigenvalue weighted by Gasteiger charge is 2.20. The van der Waals surface area contributed by atoms with Gasteiger partial charge in [0.15, 0.2) is 0 Å². The SMILES string of the molecule is CN(c1ccc([N+](=O)[O-])cc1)S(=O)(=O)CCOS(=O)(=O)O. The van der Waals surface area contributed by atoms with Gasteiger partial charge in [-0.2, -0.15) is 8.42 Å². The first-order chi connectivity index (χ1) is 9.53. The number of nitrogens with zero attached hydrogens (tertiary/aromatic N) is 2. The van der Waals surface area contributed by atoms with Crippen LogP contribution in [0.25, 0.3) is 0 Å². The van der Waals surface area contributed by atoms with E-state index in [1.165, 1.54) is 19.2 Å². The van der Waals surface area contributed by atoms with E-state index in [0.29, 0.717) is 0 Å². The topological polar surface area (TPSA) is 144 Å². The Morgan fingerprint density at radius 2 is 1.76 bits per heavy atom. The van der Waals surface area contributed by atoms with Crippen molar-refractivity contribution in [3.8, 4) is 0 Å². The van der Waals surface area contributed by atoms with Crippen LogP contribution in [0.3, 0.4) is 0 Å². The lowest BCUT2D eigenvalue weighted by molar-refractivity contribution is -0.384. The fourth-order valence-electron chi connectivity index (χ4n) is 1.33. The molecule has 0 amide bonds. The van der Waals surface area contributed by atoms with Gasteiger partial charge >= 0.3 is 10.4 Å². The van der Waals surface area contributed by atoms with Gasteiger partial charge in [-0.25, -0.2) is 12.6 Å². The summed E-state index contributed by atoms with van der Waals surface area (Å²) in [5.74, 6) is -0.694. The zero-order valence-electron chi connectivity index (χ0n) is 10.7. The Labute approximate surface area is 121 Å². The van der Waals surface area contributed by atoms with E-state index in [4.69, 9.17) is 4.55 Å². The number of nitro groups is 1. The Hall–Kier alpha value is -1.76. The van der Waals surface area contributed by atoms with Crippen LogP contribution in [0.4, 0.5) is 11.4 Å². The van der Waals surface area contributed by atoms with Gasteiger partial charge in [-0.15, -0.1) is 0 Å². The first-order valence-electron chi connectivity index (χ1n) is 5.36. The Bertz CT molecular complexity index is 711. The third kappa shape index (κ3) is 5.26. The van der Waals surface area contributed by atoms with Crippen LogP contribution in [0.15, 0.2) is 24.3 Å². The molecule has 1 rings (SSSR count). The highest BCUT2D eigenvalue weighted by atomic mass is 32.3. The Kier molecular flexibility index (Phi) is 5.22. The van der Waals surface area contributed by atoms with E-state index in [-0.39, 0.29) is 11.4 Å². The maximum absolute atomic E-state index is 11.9. The fourth-order valence-corrected chi connectivity index (χ4v) is 2.74. The van der Waals surface area contributed by atoms with Crippen molar-refractivity contribution in [2.45, 2.75) is 0 Å². The van der Waals surface area contributed by atoms with Crippen molar-refractivity contribution in [3.05, 3.63) is 34.4 Å². The van der Waals surface area contributed by atoms with Gasteiger partial charge in [0.25, 0.3) is 5.69 Å². The van der Waals surface area contributed by atoms with Crippen LogP contribution < -0.4 is 4.31 Å². The second kappa shape index (κ2) is 6.34. The van der Waals surface area contributed by atoms with Crippen molar-refractivity contribution in [1.29, 1.82) is 0 Å². The number of nitro benzene ring substituents is 1. The lowest BCUT2D eigenvalue weighted by atomic mass is 10.3. The van der Waals surface area contributed by atoms with E-state index in [0.717, 1.165) is 16.4 Å². The first kappa shape index (κ1) is 17.3. The van der Waals surface area contributed by atoms with Crippen LogP contribution in [-0.4, -0.2) is 45.7 Å². The number of benzene rings is 1. The summed E-state index contributed by atoms with van der Waals surface area (Å²) in [7, 11) is -7.42. The van der Waals surface area contributed by atoms with Crippen molar-refractivity contribution >= 4 is 31.8 Å².